The normalized spacial score (nSPS) is 18.2. The van der Waals surface area contributed by atoms with Gasteiger partial charge in [0.2, 0.25) is 5.82 Å². The molecule has 0 bridgehead atoms. The number of hydrogen-bond acceptors (Lipinski definition) is 1. The third kappa shape index (κ3) is 5.44. The van der Waals surface area contributed by atoms with Gasteiger partial charge in [0.25, 0.3) is 0 Å². The highest BCUT2D eigenvalue weighted by Gasteiger charge is 2.26. The minimum Gasteiger partial charge on any atom is -0.491 e. The monoisotopic (exact) mass is 482 g/mol. The number of aryl methyl sites for hydroxylation is 1. The molecule has 0 N–H and O–H groups in total. The molecule has 1 saturated carbocycles. The smallest absolute Gasteiger partial charge is 0.200 e. The molecule has 3 aromatic carbocycles. The van der Waals surface area contributed by atoms with E-state index in [4.69, 9.17) is 4.74 Å². The minimum atomic E-state index is -0.936. The Morgan fingerprint density at radius 2 is 1.49 bits per heavy atom. The number of allylic oxidation sites excluding steroid dienone is 1. The van der Waals surface area contributed by atoms with Gasteiger partial charge in [0, 0.05) is 11.1 Å². The minimum absolute atomic E-state index is 0.0661. The van der Waals surface area contributed by atoms with Crippen LogP contribution in [0.15, 0.2) is 54.6 Å². The largest absolute Gasteiger partial charge is 0.491 e. The first-order valence-electron chi connectivity index (χ1n) is 12.3. The lowest BCUT2D eigenvalue weighted by Gasteiger charge is -2.27. The van der Waals surface area contributed by atoms with E-state index >= 15 is 0 Å². The second kappa shape index (κ2) is 11.1. The van der Waals surface area contributed by atoms with Gasteiger partial charge in [-0.25, -0.2) is 13.2 Å². The third-order valence-corrected chi connectivity index (χ3v) is 6.92. The molecule has 0 heterocycles. The van der Waals surface area contributed by atoms with Crippen LogP contribution in [0.2, 0.25) is 0 Å². The second-order valence-electron chi connectivity index (χ2n) is 9.07. The lowest BCUT2D eigenvalue weighted by atomic mass is 9.78. The molecule has 1 nitrogen and oxygen atoms in total. The van der Waals surface area contributed by atoms with E-state index in [-0.39, 0.29) is 35.3 Å². The van der Waals surface area contributed by atoms with Gasteiger partial charge in [-0.15, -0.1) is 0 Å². The van der Waals surface area contributed by atoms with Crippen LogP contribution >= 0.6 is 0 Å². The highest BCUT2D eigenvalue weighted by Crippen LogP contribution is 2.39. The maximum absolute atomic E-state index is 14.8. The van der Waals surface area contributed by atoms with Crippen LogP contribution < -0.4 is 4.74 Å². The molecule has 0 saturated heterocycles. The van der Waals surface area contributed by atoms with Crippen LogP contribution in [0.25, 0.3) is 17.2 Å². The van der Waals surface area contributed by atoms with Gasteiger partial charge in [-0.3, -0.25) is 0 Å². The van der Waals surface area contributed by atoms with E-state index < -0.39 is 23.3 Å². The third-order valence-electron chi connectivity index (χ3n) is 6.92. The van der Waals surface area contributed by atoms with Crippen LogP contribution in [0.4, 0.5) is 17.6 Å². The van der Waals surface area contributed by atoms with Crippen molar-refractivity contribution in [2.24, 2.45) is 5.92 Å². The zero-order chi connectivity index (χ0) is 24.9. The average Bonchev–Trinajstić information content (AvgIpc) is 2.88. The standard InChI is InChI=1S/C30H30F4O/c1-3-19-5-10-21(11-6-19)24-16-15-23(27(31)28(24)32)14-9-20-7-12-22(13-8-20)25-17-18-26(35-4-2)30(34)29(25)33/h5-6,9-11,14-18,20,22H,3-4,7-8,12-13H2,1-2H3/b14-9+. The Morgan fingerprint density at radius 1 is 0.771 bits per heavy atom. The van der Waals surface area contributed by atoms with Crippen molar-refractivity contribution in [3.63, 3.8) is 0 Å². The van der Waals surface area contributed by atoms with Crippen LogP contribution in [-0.4, -0.2) is 6.61 Å². The first-order valence-corrected chi connectivity index (χ1v) is 12.3. The Hall–Kier alpha value is -3.08. The number of benzene rings is 3. The molecule has 1 aliphatic carbocycles. The molecule has 0 radical (unpaired) electrons. The van der Waals surface area contributed by atoms with Gasteiger partial charge in [0.05, 0.1) is 6.61 Å². The summed E-state index contributed by atoms with van der Waals surface area (Å²) >= 11 is 0. The van der Waals surface area contributed by atoms with Crippen molar-refractivity contribution in [3.05, 3.63) is 94.6 Å². The Bertz CT molecular complexity index is 1190. The summed E-state index contributed by atoms with van der Waals surface area (Å²) in [4.78, 5) is 0. The number of rotatable bonds is 7. The van der Waals surface area contributed by atoms with Gasteiger partial charge in [0.1, 0.15) is 0 Å². The molecule has 0 unspecified atom stereocenters. The molecule has 1 aliphatic rings. The lowest BCUT2D eigenvalue weighted by molar-refractivity contribution is 0.310. The Balaban J connectivity index is 1.42. The van der Waals surface area contributed by atoms with Gasteiger partial charge in [-0.2, -0.15) is 4.39 Å². The topological polar surface area (TPSA) is 9.23 Å². The highest BCUT2D eigenvalue weighted by molar-refractivity contribution is 5.67. The molecule has 0 atom stereocenters. The van der Waals surface area contributed by atoms with Crippen molar-refractivity contribution in [1.82, 2.24) is 0 Å². The van der Waals surface area contributed by atoms with Crippen LogP contribution in [-0.2, 0) is 6.42 Å². The van der Waals surface area contributed by atoms with Crippen molar-refractivity contribution in [3.8, 4) is 16.9 Å². The quantitative estimate of drug-likeness (QED) is 0.306. The summed E-state index contributed by atoms with van der Waals surface area (Å²) in [6.07, 6.45) is 7.34. The molecule has 0 amide bonds. The zero-order valence-electron chi connectivity index (χ0n) is 20.1. The Morgan fingerprint density at radius 3 is 2.14 bits per heavy atom. The number of hydrogen-bond donors (Lipinski definition) is 0. The molecule has 5 heteroatoms. The Labute approximate surface area is 204 Å². The van der Waals surface area contributed by atoms with Crippen LogP contribution in [0.3, 0.4) is 0 Å². The van der Waals surface area contributed by atoms with E-state index in [1.54, 1.807) is 31.2 Å². The molecule has 0 spiro atoms. The van der Waals surface area contributed by atoms with Crippen molar-refractivity contribution in [2.75, 3.05) is 6.61 Å². The summed E-state index contributed by atoms with van der Waals surface area (Å²) in [6.45, 7) is 4.03. The maximum Gasteiger partial charge on any atom is 0.200 e. The maximum atomic E-state index is 14.8. The fourth-order valence-corrected chi connectivity index (χ4v) is 4.83. The summed E-state index contributed by atoms with van der Waals surface area (Å²) in [5.74, 6) is -3.45. The van der Waals surface area contributed by atoms with Crippen LogP contribution in [0, 0.1) is 29.2 Å². The lowest BCUT2D eigenvalue weighted by Crippen LogP contribution is -2.14. The second-order valence-corrected chi connectivity index (χ2v) is 9.07. The van der Waals surface area contributed by atoms with Crippen LogP contribution in [0.5, 0.6) is 5.75 Å². The van der Waals surface area contributed by atoms with Gasteiger partial charge in [0.15, 0.2) is 23.2 Å². The number of halogens is 4. The fraction of sp³-hybridized carbons (Fsp3) is 0.333. The zero-order valence-corrected chi connectivity index (χ0v) is 20.1. The van der Waals surface area contributed by atoms with E-state index in [9.17, 15) is 17.6 Å². The first-order chi connectivity index (χ1) is 16.9. The molecule has 3 aromatic rings. The molecule has 184 valence electrons. The van der Waals surface area contributed by atoms with Gasteiger partial charge < -0.3 is 4.74 Å². The van der Waals surface area contributed by atoms with Crippen molar-refractivity contribution in [1.29, 1.82) is 0 Å². The summed E-state index contributed by atoms with van der Waals surface area (Å²) in [6, 6.07) is 13.8. The fourth-order valence-electron chi connectivity index (χ4n) is 4.83. The first kappa shape index (κ1) is 25.0. The summed E-state index contributed by atoms with van der Waals surface area (Å²) in [5, 5.41) is 0. The molecule has 0 aromatic heterocycles. The predicted octanol–water partition coefficient (Wildman–Crippen LogP) is 8.86. The van der Waals surface area contributed by atoms with E-state index in [1.165, 1.54) is 6.07 Å². The van der Waals surface area contributed by atoms with Gasteiger partial charge >= 0.3 is 0 Å². The molecule has 4 rings (SSSR count). The van der Waals surface area contributed by atoms with Crippen molar-refractivity contribution >= 4 is 6.08 Å². The highest BCUT2D eigenvalue weighted by atomic mass is 19.2. The molecule has 1 fully saturated rings. The van der Waals surface area contributed by atoms with Crippen molar-refractivity contribution in [2.45, 2.75) is 51.9 Å². The molecular weight excluding hydrogens is 452 g/mol. The van der Waals surface area contributed by atoms with E-state index in [0.29, 0.717) is 24.0 Å². The Kier molecular flexibility index (Phi) is 7.94. The van der Waals surface area contributed by atoms with Crippen LogP contribution in [0.1, 0.15) is 62.1 Å². The average molecular weight is 483 g/mol. The SMILES string of the molecule is CCOc1ccc(C2CCC(/C=C/c3ccc(-c4ccc(CC)cc4)c(F)c3F)CC2)c(F)c1F. The summed E-state index contributed by atoms with van der Waals surface area (Å²) < 4.78 is 63.5. The predicted molar refractivity (Wildman–Crippen MR) is 132 cm³/mol. The summed E-state index contributed by atoms with van der Waals surface area (Å²) in [5.41, 5.74) is 2.61. The molecular formula is C30H30F4O. The van der Waals surface area contributed by atoms with E-state index in [0.717, 1.165) is 24.8 Å². The van der Waals surface area contributed by atoms with Gasteiger partial charge in [-0.1, -0.05) is 61.5 Å². The molecule has 0 aliphatic heterocycles. The number of ether oxygens (including phenoxy) is 1. The van der Waals surface area contributed by atoms with E-state index in [2.05, 4.69) is 0 Å². The van der Waals surface area contributed by atoms with Gasteiger partial charge in [-0.05, 0) is 73.6 Å². The summed E-state index contributed by atoms with van der Waals surface area (Å²) in [7, 11) is 0. The van der Waals surface area contributed by atoms with Crippen molar-refractivity contribution < 1.29 is 22.3 Å². The van der Waals surface area contributed by atoms with E-state index in [1.807, 2.05) is 37.3 Å². The molecule has 35 heavy (non-hydrogen) atoms.